The lowest BCUT2D eigenvalue weighted by Crippen LogP contribution is -2.22. The number of ether oxygens (including phenoxy) is 1. The number of hydrogen-bond acceptors (Lipinski definition) is 3. The van der Waals surface area contributed by atoms with Gasteiger partial charge in [-0.3, -0.25) is 9.59 Å². The normalized spacial score (nSPS) is 11.0. The van der Waals surface area contributed by atoms with Crippen LogP contribution in [0.25, 0.3) is 11.8 Å². The molecular weight excluding hydrogens is 340 g/mol. The van der Waals surface area contributed by atoms with Crippen LogP contribution < -0.4 is 5.32 Å². The van der Waals surface area contributed by atoms with Crippen LogP contribution in [-0.2, 0) is 14.3 Å². The van der Waals surface area contributed by atoms with Gasteiger partial charge in [0, 0.05) is 36.1 Å². The molecule has 1 amide bonds. The summed E-state index contributed by atoms with van der Waals surface area (Å²) in [5.41, 5.74) is 5.58. The Morgan fingerprint density at radius 2 is 1.81 bits per heavy atom. The Morgan fingerprint density at radius 1 is 1.11 bits per heavy atom. The van der Waals surface area contributed by atoms with E-state index in [0.29, 0.717) is 19.4 Å². The second kappa shape index (κ2) is 9.76. The number of rotatable bonds is 8. The predicted molar refractivity (Wildman–Crippen MR) is 108 cm³/mol. The molecule has 144 valence electrons. The van der Waals surface area contributed by atoms with Gasteiger partial charge in [-0.15, -0.1) is 0 Å². The first-order chi connectivity index (χ1) is 12.9. The zero-order valence-corrected chi connectivity index (χ0v) is 16.5. The molecule has 5 heteroatoms. The minimum atomic E-state index is -0.217. The van der Waals surface area contributed by atoms with E-state index in [4.69, 9.17) is 0 Å². The van der Waals surface area contributed by atoms with Gasteiger partial charge in [-0.25, -0.2) is 0 Å². The average Bonchev–Trinajstić information content (AvgIpc) is 2.94. The zero-order valence-electron chi connectivity index (χ0n) is 16.5. The van der Waals surface area contributed by atoms with E-state index in [2.05, 4.69) is 65.7 Å². The Balaban J connectivity index is 1.93. The summed E-state index contributed by atoms with van der Waals surface area (Å²) in [5, 5.41) is 2.84. The number of carbonyl (C=O) groups excluding carboxylic acids is 2. The number of aryl methyl sites for hydroxylation is 2. The highest BCUT2D eigenvalue weighted by Crippen LogP contribution is 2.22. The minimum absolute atomic E-state index is 0.131. The summed E-state index contributed by atoms with van der Waals surface area (Å²) >= 11 is 0. The minimum Gasteiger partial charge on any atom is -0.469 e. The Morgan fingerprint density at radius 3 is 2.48 bits per heavy atom. The largest absolute Gasteiger partial charge is 0.469 e. The zero-order chi connectivity index (χ0) is 19.8. The smallest absolute Gasteiger partial charge is 0.305 e. The van der Waals surface area contributed by atoms with E-state index in [1.54, 1.807) is 6.08 Å². The first-order valence-corrected chi connectivity index (χ1v) is 9.21. The number of benzene rings is 1. The van der Waals surface area contributed by atoms with Gasteiger partial charge in [-0.1, -0.05) is 17.7 Å². The summed E-state index contributed by atoms with van der Waals surface area (Å²) in [6.07, 6.45) is 5.23. The molecule has 0 spiro atoms. The lowest BCUT2D eigenvalue weighted by atomic mass is 10.2. The van der Waals surface area contributed by atoms with Crippen LogP contribution in [0.4, 0.5) is 0 Å². The number of aromatic nitrogens is 1. The SMILES string of the molecule is COC(=O)CCCCNC(=O)/C=C/c1cc(C)n(-c2ccc(C)cc2)c1C. The summed E-state index contributed by atoms with van der Waals surface area (Å²) in [4.78, 5) is 23.0. The third-order valence-corrected chi connectivity index (χ3v) is 4.51. The van der Waals surface area contributed by atoms with Gasteiger partial charge in [0.15, 0.2) is 0 Å². The van der Waals surface area contributed by atoms with Crippen LogP contribution in [0.3, 0.4) is 0 Å². The van der Waals surface area contributed by atoms with Crippen LogP contribution in [0.2, 0.25) is 0 Å². The van der Waals surface area contributed by atoms with Crippen molar-refractivity contribution in [3.8, 4) is 5.69 Å². The monoisotopic (exact) mass is 368 g/mol. The molecule has 0 bridgehead atoms. The molecule has 1 aromatic heterocycles. The van der Waals surface area contributed by atoms with Gasteiger partial charge in [0.1, 0.15) is 0 Å². The van der Waals surface area contributed by atoms with Gasteiger partial charge in [-0.05, 0) is 63.5 Å². The van der Waals surface area contributed by atoms with Gasteiger partial charge >= 0.3 is 5.97 Å². The summed E-state index contributed by atoms with van der Waals surface area (Å²) in [5.74, 6) is -0.349. The van der Waals surface area contributed by atoms with Crippen molar-refractivity contribution >= 4 is 18.0 Å². The molecule has 1 N–H and O–H groups in total. The first-order valence-electron chi connectivity index (χ1n) is 9.21. The van der Waals surface area contributed by atoms with E-state index in [0.717, 1.165) is 29.1 Å². The topological polar surface area (TPSA) is 60.3 Å². The van der Waals surface area contributed by atoms with Crippen molar-refractivity contribution in [1.82, 2.24) is 9.88 Å². The highest BCUT2D eigenvalue weighted by molar-refractivity contribution is 5.91. The Labute approximate surface area is 161 Å². The number of esters is 1. The third kappa shape index (κ3) is 5.84. The van der Waals surface area contributed by atoms with E-state index < -0.39 is 0 Å². The molecule has 0 aliphatic rings. The van der Waals surface area contributed by atoms with Crippen LogP contribution in [0.15, 0.2) is 36.4 Å². The van der Waals surface area contributed by atoms with Crippen LogP contribution >= 0.6 is 0 Å². The molecule has 0 aliphatic heterocycles. The maximum Gasteiger partial charge on any atom is 0.305 e. The summed E-state index contributed by atoms with van der Waals surface area (Å²) in [6, 6.07) is 10.5. The Hall–Kier alpha value is -2.82. The molecule has 0 atom stereocenters. The van der Waals surface area contributed by atoms with E-state index in [-0.39, 0.29) is 11.9 Å². The van der Waals surface area contributed by atoms with Crippen molar-refractivity contribution in [3.05, 3.63) is 58.9 Å². The van der Waals surface area contributed by atoms with E-state index >= 15 is 0 Å². The van der Waals surface area contributed by atoms with E-state index in [1.807, 2.05) is 6.08 Å². The van der Waals surface area contributed by atoms with Crippen LogP contribution in [0.1, 0.15) is 41.8 Å². The number of amides is 1. The van der Waals surface area contributed by atoms with Crippen LogP contribution in [0.5, 0.6) is 0 Å². The number of methoxy groups -OCH3 is 1. The van der Waals surface area contributed by atoms with Gasteiger partial charge < -0.3 is 14.6 Å². The standard InChI is InChI=1S/C22H28N2O3/c1-16-8-11-20(12-9-16)24-17(2)15-19(18(24)3)10-13-21(25)23-14-6-5-7-22(26)27-4/h8-13,15H,5-7,14H2,1-4H3,(H,23,25)/b13-10+. The van der Waals surface area contributed by atoms with Gasteiger partial charge in [0.2, 0.25) is 5.91 Å². The highest BCUT2D eigenvalue weighted by Gasteiger charge is 2.09. The molecule has 0 saturated carbocycles. The maximum absolute atomic E-state index is 12.0. The molecule has 0 fully saturated rings. The number of nitrogens with one attached hydrogen (secondary N) is 1. The molecule has 0 unspecified atom stereocenters. The number of unbranched alkanes of at least 4 members (excludes halogenated alkanes) is 1. The van der Waals surface area contributed by atoms with Crippen molar-refractivity contribution in [3.63, 3.8) is 0 Å². The number of hydrogen-bond donors (Lipinski definition) is 1. The molecule has 2 rings (SSSR count). The van der Waals surface area contributed by atoms with Gasteiger partial charge in [-0.2, -0.15) is 0 Å². The molecule has 2 aromatic rings. The van der Waals surface area contributed by atoms with Crippen LogP contribution in [0, 0.1) is 20.8 Å². The van der Waals surface area contributed by atoms with Crippen molar-refractivity contribution in [2.75, 3.05) is 13.7 Å². The molecule has 1 aromatic carbocycles. The fourth-order valence-corrected chi connectivity index (χ4v) is 2.98. The molecule has 0 aliphatic carbocycles. The Kier molecular flexibility index (Phi) is 7.41. The van der Waals surface area contributed by atoms with Crippen molar-refractivity contribution in [2.24, 2.45) is 0 Å². The van der Waals surface area contributed by atoms with Crippen molar-refractivity contribution in [1.29, 1.82) is 0 Å². The lowest BCUT2D eigenvalue weighted by molar-refractivity contribution is -0.140. The summed E-state index contributed by atoms with van der Waals surface area (Å²) in [7, 11) is 1.38. The van der Waals surface area contributed by atoms with Crippen molar-refractivity contribution < 1.29 is 14.3 Å². The maximum atomic E-state index is 12.0. The molecule has 5 nitrogen and oxygen atoms in total. The first kappa shape index (κ1) is 20.5. The average molecular weight is 368 g/mol. The molecular formula is C22H28N2O3. The third-order valence-electron chi connectivity index (χ3n) is 4.51. The molecule has 27 heavy (non-hydrogen) atoms. The lowest BCUT2D eigenvalue weighted by Gasteiger charge is -2.09. The van der Waals surface area contributed by atoms with Crippen LogP contribution in [-0.4, -0.2) is 30.1 Å². The Bertz CT molecular complexity index is 817. The van der Waals surface area contributed by atoms with Crippen molar-refractivity contribution in [2.45, 2.75) is 40.0 Å². The number of nitrogens with zero attached hydrogens (tertiary/aromatic N) is 1. The molecule has 1 heterocycles. The number of carbonyl (C=O) groups is 2. The summed E-state index contributed by atoms with van der Waals surface area (Å²) < 4.78 is 6.77. The van der Waals surface area contributed by atoms with Gasteiger partial charge in [0.05, 0.1) is 7.11 Å². The van der Waals surface area contributed by atoms with E-state index in [1.165, 1.54) is 12.7 Å². The second-order valence-corrected chi connectivity index (χ2v) is 6.66. The predicted octanol–water partition coefficient (Wildman–Crippen LogP) is 3.88. The highest BCUT2D eigenvalue weighted by atomic mass is 16.5. The molecule has 0 saturated heterocycles. The van der Waals surface area contributed by atoms with E-state index in [9.17, 15) is 9.59 Å². The fourth-order valence-electron chi connectivity index (χ4n) is 2.98. The van der Waals surface area contributed by atoms with Gasteiger partial charge in [0.25, 0.3) is 0 Å². The second-order valence-electron chi connectivity index (χ2n) is 6.66. The molecule has 0 radical (unpaired) electrons. The fraction of sp³-hybridized carbons (Fsp3) is 0.364. The summed E-state index contributed by atoms with van der Waals surface area (Å²) in [6.45, 7) is 6.73. The quantitative estimate of drug-likeness (QED) is 0.437.